The van der Waals surface area contributed by atoms with Crippen LogP contribution in [0.3, 0.4) is 0 Å². The third kappa shape index (κ3) is 6.04. The van der Waals surface area contributed by atoms with Gasteiger partial charge in [-0.15, -0.1) is 0 Å². The van der Waals surface area contributed by atoms with Crippen LogP contribution in [0.4, 0.5) is 0 Å². The molecule has 1 aliphatic rings. The highest BCUT2D eigenvalue weighted by molar-refractivity contribution is 5.79. The minimum atomic E-state index is 0.414. The fourth-order valence-electron chi connectivity index (χ4n) is 2.30. The monoisotopic (exact) mass is 291 g/mol. The lowest BCUT2D eigenvalue weighted by molar-refractivity contribution is 0.105. The van der Waals surface area contributed by atoms with Crippen LogP contribution >= 0.6 is 0 Å². The molecule has 0 bridgehead atoms. The highest BCUT2D eigenvalue weighted by Gasteiger charge is 2.14. The van der Waals surface area contributed by atoms with Crippen molar-refractivity contribution in [1.82, 2.24) is 10.6 Å². The van der Waals surface area contributed by atoms with Gasteiger partial charge in [0.25, 0.3) is 0 Å². The van der Waals surface area contributed by atoms with E-state index in [0.717, 1.165) is 31.3 Å². The summed E-state index contributed by atoms with van der Waals surface area (Å²) >= 11 is 0. The lowest BCUT2D eigenvalue weighted by Crippen LogP contribution is -2.40. The first kappa shape index (κ1) is 15.6. The number of guanidine groups is 1. The predicted octanol–water partition coefficient (Wildman–Crippen LogP) is 1.80. The first-order valence-corrected chi connectivity index (χ1v) is 7.62. The molecule has 0 amide bonds. The van der Waals surface area contributed by atoms with Gasteiger partial charge in [0.05, 0.1) is 12.6 Å². The van der Waals surface area contributed by atoms with Gasteiger partial charge in [0, 0.05) is 20.2 Å². The molecule has 21 heavy (non-hydrogen) atoms. The first-order valence-electron chi connectivity index (χ1n) is 7.62. The van der Waals surface area contributed by atoms with E-state index in [2.05, 4.69) is 15.6 Å². The summed E-state index contributed by atoms with van der Waals surface area (Å²) in [6.07, 6.45) is 3.81. The normalized spacial score (nSPS) is 18.5. The second-order valence-electron chi connectivity index (χ2n) is 5.01. The molecule has 116 valence electrons. The number of benzene rings is 1. The van der Waals surface area contributed by atoms with Crippen LogP contribution in [0.2, 0.25) is 0 Å². The van der Waals surface area contributed by atoms with E-state index in [1.165, 1.54) is 12.8 Å². The summed E-state index contributed by atoms with van der Waals surface area (Å²) in [5.74, 6) is 1.70. The van der Waals surface area contributed by atoms with E-state index in [4.69, 9.17) is 9.47 Å². The van der Waals surface area contributed by atoms with Crippen molar-refractivity contribution in [2.45, 2.75) is 25.4 Å². The van der Waals surface area contributed by atoms with Crippen LogP contribution in [-0.4, -0.2) is 45.4 Å². The summed E-state index contributed by atoms with van der Waals surface area (Å²) in [5, 5.41) is 6.54. The summed E-state index contributed by atoms with van der Waals surface area (Å²) in [7, 11) is 1.78. The van der Waals surface area contributed by atoms with Gasteiger partial charge in [-0.1, -0.05) is 18.2 Å². The number of nitrogens with zero attached hydrogens (tertiary/aromatic N) is 1. The Balaban J connectivity index is 1.55. The molecule has 0 aromatic heterocycles. The van der Waals surface area contributed by atoms with Gasteiger partial charge in [-0.05, 0) is 31.4 Å². The number of nitrogens with one attached hydrogen (secondary N) is 2. The average Bonchev–Trinajstić information content (AvgIpc) is 3.04. The van der Waals surface area contributed by atoms with Gasteiger partial charge in [0.2, 0.25) is 0 Å². The number of para-hydroxylation sites is 1. The quantitative estimate of drug-likeness (QED) is 0.457. The van der Waals surface area contributed by atoms with Crippen molar-refractivity contribution in [2.75, 3.05) is 33.4 Å². The molecule has 0 radical (unpaired) electrons. The van der Waals surface area contributed by atoms with Crippen molar-refractivity contribution >= 4 is 5.96 Å². The Hall–Kier alpha value is -1.75. The zero-order valence-electron chi connectivity index (χ0n) is 12.7. The van der Waals surface area contributed by atoms with E-state index in [0.29, 0.717) is 19.3 Å². The fourth-order valence-corrected chi connectivity index (χ4v) is 2.30. The predicted molar refractivity (Wildman–Crippen MR) is 84.9 cm³/mol. The Bertz CT molecular complexity index is 417. The van der Waals surface area contributed by atoms with Crippen molar-refractivity contribution < 1.29 is 9.47 Å². The molecular weight excluding hydrogens is 266 g/mol. The molecule has 5 nitrogen and oxygen atoms in total. The van der Waals surface area contributed by atoms with Gasteiger partial charge in [-0.2, -0.15) is 0 Å². The highest BCUT2D eigenvalue weighted by Crippen LogP contribution is 2.14. The van der Waals surface area contributed by atoms with Gasteiger partial charge in [-0.3, -0.25) is 4.99 Å². The molecule has 2 N–H and O–H groups in total. The zero-order valence-corrected chi connectivity index (χ0v) is 12.7. The Kier molecular flexibility index (Phi) is 6.88. The first-order chi connectivity index (χ1) is 10.4. The molecule has 0 saturated carbocycles. The van der Waals surface area contributed by atoms with Crippen LogP contribution in [0.15, 0.2) is 35.3 Å². The Morgan fingerprint density at radius 3 is 2.81 bits per heavy atom. The number of hydrogen-bond donors (Lipinski definition) is 2. The summed E-state index contributed by atoms with van der Waals surface area (Å²) in [5.41, 5.74) is 0. The third-order valence-electron chi connectivity index (χ3n) is 3.41. The van der Waals surface area contributed by atoms with E-state index < -0.39 is 0 Å². The van der Waals surface area contributed by atoms with Gasteiger partial charge < -0.3 is 20.1 Å². The van der Waals surface area contributed by atoms with E-state index in [-0.39, 0.29) is 0 Å². The summed E-state index contributed by atoms with van der Waals surface area (Å²) < 4.78 is 11.2. The Morgan fingerprint density at radius 1 is 1.29 bits per heavy atom. The maximum absolute atomic E-state index is 5.62. The standard InChI is InChI=1S/C16H25N3O2/c1-17-16(18-10-9-15-8-5-12-20-15)19-11-13-21-14-6-3-2-4-7-14/h2-4,6-7,15H,5,8-13H2,1H3,(H2,17,18,19). The van der Waals surface area contributed by atoms with Crippen LogP contribution < -0.4 is 15.4 Å². The highest BCUT2D eigenvalue weighted by atomic mass is 16.5. The fraction of sp³-hybridized carbons (Fsp3) is 0.562. The number of rotatable bonds is 7. The average molecular weight is 291 g/mol. The lowest BCUT2D eigenvalue weighted by atomic mass is 10.2. The molecule has 1 unspecified atom stereocenters. The molecule has 1 aromatic rings. The number of ether oxygens (including phenoxy) is 2. The number of aliphatic imine (C=N–C) groups is 1. The molecule has 1 saturated heterocycles. The Labute approximate surface area is 126 Å². The van der Waals surface area contributed by atoms with Crippen molar-refractivity contribution in [3.8, 4) is 5.75 Å². The van der Waals surface area contributed by atoms with Crippen molar-refractivity contribution in [1.29, 1.82) is 0 Å². The van der Waals surface area contributed by atoms with Crippen LogP contribution in [0, 0.1) is 0 Å². The SMILES string of the molecule is CN=C(NCCOc1ccccc1)NCCC1CCCO1. The third-order valence-corrected chi connectivity index (χ3v) is 3.41. The van der Waals surface area contributed by atoms with Crippen molar-refractivity contribution in [3.63, 3.8) is 0 Å². The largest absolute Gasteiger partial charge is 0.492 e. The molecule has 1 aromatic carbocycles. The number of hydrogen-bond acceptors (Lipinski definition) is 3. The van der Waals surface area contributed by atoms with Crippen LogP contribution in [0.25, 0.3) is 0 Å². The van der Waals surface area contributed by atoms with Crippen LogP contribution in [0.1, 0.15) is 19.3 Å². The topological polar surface area (TPSA) is 54.9 Å². The van der Waals surface area contributed by atoms with E-state index in [1.54, 1.807) is 7.05 Å². The second kappa shape index (κ2) is 9.23. The summed E-state index contributed by atoms with van der Waals surface area (Å²) in [6, 6.07) is 9.82. The minimum Gasteiger partial charge on any atom is -0.492 e. The molecule has 0 aliphatic carbocycles. The van der Waals surface area contributed by atoms with Crippen molar-refractivity contribution in [3.05, 3.63) is 30.3 Å². The van der Waals surface area contributed by atoms with Gasteiger partial charge >= 0.3 is 0 Å². The second-order valence-corrected chi connectivity index (χ2v) is 5.01. The molecule has 1 heterocycles. The van der Waals surface area contributed by atoms with Crippen LogP contribution in [-0.2, 0) is 4.74 Å². The van der Waals surface area contributed by atoms with Gasteiger partial charge in [0.1, 0.15) is 12.4 Å². The molecule has 1 atom stereocenters. The maximum atomic E-state index is 5.62. The van der Waals surface area contributed by atoms with E-state index in [1.807, 2.05) is 30.3 Å². The molecule has 5 heteroatoms. The summed E-state index contributed by atoms with van der Waals surface area (Å²) in [6.45, 7) is 3.11. The zero-order chi connectivity index (χ0) is 14.8. The van der Waals surface area contributed by atoms with E-state index in [9.17, 15) is 0 Å². The van der Waals surface area contributed by atoms with Gasteiger partial charge in [-0.25, -0.2) is 0 Å². The van der Waals surface area contributed by atoms with E-state index >= 15 is 0 Å². The van der Waals surface area contributed by atoms with Gasteiger partial charge in [0.15, 0.2) is 5.96 Å². The van der Waals surface area contributed by atoms with Crippen LogP contribution in [0.5, 0.6) is 5.75 Å². The molecule has 1 fully saturated rings. The molecule has 2 rings (SSSR count). The smallest absolute Gasteiger partial charge is 0.191 e. The minimum absolute atomic E-state index is 0.414. The van der Waals surface area contributed by atoms with Crippen molar-refractivity contribution in [2.24, 2.45) is 4.99 Å². The Morgan fingerprint density at radius 2 is 2.10 bits per heavy atom. The molecule has 0 spiro atoms. The molecule has 1 aliphatic heterocycles. The molecular formula is C16H25N3O2. The summed E-state index contributed by atoms with van der Waals surface area (Å²) in [4.78, 5) is 4.19. The maximum Gasteiger partial charge on any atom is 0.191 e. The lowest BCUT2D eigenvalue weighted by Gasteiger charge is -2.14.